The number of rotatable bonds is 1. The average molecular weight is 229 g/mol. The summed E-state index contributed by atoms with van der Waals surface area (Å²) in [7, 11) is 2.11. The first-order valence-corrected chi connectivity index (χ1v) is 5.81. The number of anilines is 2. The van der Waals surface area contributed by atoms with Gasteiger partial charge in [0, 0.05) is 25.2 Å². The van der Waals surface area contributed by atoms with Crippen LogP contribution in [-0.2, 0) is 6.42 Å². The van der Waals surface area contributed by atoms with Crippen LogP contribution in [0.3, 0.4) is 0 Å². The Balaban J connectivity index is 2.17. The lowest BCUT2D eigenvalue weighted by Crippen LogP contribution is -2.25. The highest BCUT2D eigenvalue weighted by Gasteiger charge is 2.19. The Morgan fingerprint density at radius 1 is 1.41 bits per heavy atom. The summed E-state index contributed by atoms with van der Waals surface area (Å²) in [4.78, 5) is 2.27. The molecule has 0 saturated carbocycles. The van der Waals surface area contributed by atoms with Crippen molar-refractivity contribution in [2.45, 2.75) is 12.8 Å². The van der Waals surface area contributed by atoms with E-state index >= 15 is 0 Å². The third-order valence-corrected chi connectivity index (χ3v) is 3.23. The fourth-order valence-corrected chi connectivity index (χ4v) is 2.48. The van der Waals surface area contributed by atoms with Crippen LogP contribution in [0.1, 0.15) is 12.0 Å². The molecule has 17 heavy (non-hydrogen) atoms. The Kier molecular flexibility index (Phi) is 2.28. The topological polar surface area (TPSA) is 55.3 Å². The number of hydrogen-bond donors (Lipinski definition) is 1. The molecular formula is C13H15N3O. The second kappa shape index (κ2) is 3.80. The Morgan fingerprint density at radius 2 is 2.29 bits per heavy atom. The van der Waals surface area contributed by atoms with Crippen molar-refractivity contribution in [2.75, 3.05) is 24.2 Å². The van der Waals surface area contributed by atoms with E-state index in [0.717, 1.165) is 24.3 Å². The smallest absolute Gasteiger partial charge is 0.171 e. The summed E-state index contributed by atoms with van der Waals surface area (Å²) in [6.45, 7) is 1.08. The molecule has 0 unspecified atom stereocenters. The Hall–Kier alpha value is -1.97. The second-order valence-electron chi connectivity index (χ2n) is 4.45. The number of aryl methyl sites for hydroxylation is 1. The maximum atomic E-state index is 5.61. The van der Waals surface area contributed by atoms with E-state index < -0.39 is 0 Å². The molecule has 0 aliphatic carbocycles. The van der Waals surface area contributed by atoms with E-state index in [1.807, 2.05) is 0 Å². The van der Waals surface area contributed by atoms with Gasteiger partial charge in [0.2, 0.25) is 0 Å². The van der Waals surface area contributed by atoms with Crippen molar-refractivity contribution in [1.29, 1.82) is 0 Å². The quantitative estimate of drug-likeness (QED) is 0.815. The molecule has 2 heterocycles. The summed E-state index contributed by atoms with van der Waals surface area (Å²) in [5.74, 6) is 1.17. The van der Waals surface area contributed by atoms with Gasteiger partial charge in [-0.15, -0.1) is 0 Å². The van der Waals surface area contributed by atoms with Crippen LogP contribution in [0.15, 0.2) is 28.8 Å². The van der Waals surface area contributed by atoms with Crippen LogP contribution < -0.4 is 10.6 Å². The number of para-hydroxylation sites is 1. The van der Waals surface area contributed by atoms with Crippen LogP contribution in [0.2, 0.25) is 0 Å². The van der Waals surface area contributed by atoms with Gasteiger partial charge >= 0.3 is 0 Å². The molecule has 0 spiro atoms. The van der Waals surface area contributed by atoms with Crippen molar-refractivity contribution in [2.24, 2.45) is 0 Å². The molecule has 3 rings (SSSR count). The first kappa shape index (κ1) is 10.2. The van der Waals surface area contributed by atoms with Crippen molar-refractivity contribution in [3.63, 3.8) is 0 Å². The molecule has 1 aliphatic rings. The molecule has 4 heteroatoms. The van der Waals surface area contributed by atoms with Crippen LogP contribution in [0.4, 0.5) is 11.5 Å². The van der Waals surface area contributed by atoms with E-state index in [1.54, 1.807) is 6.07 Å². The minimum Gasteiger partial charge on any atom is -0.381 e. The minimum absolute atomic E-state index is 0.427. The van der Waals surface area contributed by atoms with Crippen LogP contribution in [0.5, 0.6) is 0 Å². The van der Waals surface area contributed by atoms with Crippen molar-refractivity contribution < 1.29 is 4.52 Å². The van der Waals surface area contributed by atoms with Crippen LogP contribution in [0, 0.1) is 0 Å². The Bertz CT molecular complexity index is 547. The normalized spacial score (nSPS) is 14.8. The molecule has 0 amide bonds. The van der Waals surface area contributed by atoms with Gasteiger partial charge in [-0.25, -0.2) is 0 Å². The van der Waals surface area contributed by atoms with Gasteiger partial charge in [0.25, 0.3) is 0 Å². The fraction of sp³-hybridized carbons (Fsp3) is 0.308. The van der Waals surface area contributed by atoms with E-state index in [4.69, 9.17) is 10.3 Å². The maximum Gasteiger partial charge on any atom is 0.171 e. The molecule has 0 fully saturated rings. The number of fused-ring (bicyclic) bond motifs is 1. The SMILES string of the molecule is CN1CCCc2cccc(-c3cc(N)no3)c21. The van der Waals surface area contributed by atoms with E-state index in [0.29, 0.717) is 5.82 Å². The van der Waals surface area contributed by atoms with Gasteiger partial charge in [0.1, 0.15) is 0 Å². The molecule has 0 bridgehead atoms. The predicted octanol–water partition coefficient (Wildman–Crippen LogP) is 2.31. The lowest BCUT2D eigenvalue weighted by atomic mass is 9.97. The molecule has 0 radical (unpaired) electrons. The summed E-state index contributed by atoms with van der Waals surface area (Å²) in [5, 5.41) is 3.75. The lowest BCUT2D eigenvalue weighted by molar-refractivity contribution is 0.435. The van der Waals surface area contributed by atoms with Crippen LogP contribution >= 0.6 is 0 Å². The molecule has 4 nitrogen and oxygen atoms in total. The molecule has 2 aromatic rings. The number of aromatic nitrogens is 1. The van der Waals surface area contributed by atoms with Gasteiger partial charge in [-0.05, 0) is 24.5 Å². The van der Waals surface area contributed by atoms with Crippen molar-refractivity contribution in [1.82, 2.24) is 5.16 Å². The van der Waals surface area contributed by atoms with Crippen LogP contribution in [0.25, 0.3) is 11.3 Å². The molecule has 1 aromatic heterocycles. The number of nitrogens with zero attached hydrogens (tertiary/aromatic N) is 2. The molecule has 1 aliphatic heterocycles. The summed E-state index contributed by atoms with van der Waals surface area (Å²) >= 11 is 0. The zero-order valence-corrected chi connectivity index (χ0v) is 9.81. The number of benzene rings is 1. The van der Waals surface area contributed by atoms with E-state index in [2.05, 4.69) is 35.3 Å². The third-order valence-electron chi connectivity index (χ3n) is 3.23. The zero-order chi connectivity index (χ0) is 11.8. The zero-order valence-electron chi connectivity index (χ0n) is 9.81. The Morgan fingerprint density at radius 3 is 3.06 bits per heavy atom. The van der Waals surface area contributed by atoms with Gasteiger partial charge < -0.3 is 15.2 Å². The van der Waals surface area contributed by atoms with Gasteiger partial charge in [0.15, 0.2) is 11.6 Å². The fourth-order valence-electron chi connectivity index (χ4n) is 2.48. The van der Waals surface area contributed by atoms with E-state index in [9.17, 15) is 0 Å². The third kappa shape index (κ3) is 1.65. The van der Waals surface area contributed by atoms with E-state index in [-0.39, 0.29) is 0 Å². The molecule has 2 N–H and O–H groups in total. The lowest BCUT2D eigenvalue weighted by Gasteiger charge is -2.29. The highest BCUT2D eigenvalue weighted by atomic mass is 16.5. The second-order valence-corrected chi connectivity index (χ2v) is 4.45. The maximum absolute atomic E-state index is 5.61. The van der Waals surface area contributed by atoms with Crippen molar-refractivity contribution in [3.05, 3.63) is 29.8 Å². The molecular weight excluding hydrogens is 214 g/mol. The average Bonchev–Trinajstić information content (AvgIpc) is 2.75. The number of nitrogen functional groups attached to an aromatic ring is 1. The minimum atomic E-state index is 0.427. The van der Waals surface area contributed by atoms with Gasteiger partial charge in [0.05, 0.1) is 5.69 Å². The number of hydrogen-bond acceptors (Lipinski definition) is 4. The molecule has 1 aromatic carbocycles. The first-order chi connectivity index (χ1) is 8.25. The molecule has 88 valence electrons. The summed E-state index contributed by atoms with van der Waals surface area (Å²) in [5.41, 5.74) is 9.30. The van der Waals surface area contributed by atoms with Gasteiger partial charge in [-0.1, -0.05) is 17.3 Å². The highest BCUT2D eigenvalue weighted by molar-refractivity contribution is 5.79. The summed E-state index contributed by atoms with van der Waals surface area (Å²) < 4.78 is 5.26. The number of nitrogens with two attached hydrogens (primary N) is 1. The van der Waals surface area contributed by atoms with Crippen molar-refractivity contribution in [3.8, 4) is 11.3 Å². The van der Waals surface area contributed by atoms with Gasteiger partial charge in [-0.2, -0.15) is 0 Å². The largest absolute Gasteiger partial charge is 0.381 e. The predicted molar refractivity (Wildman–Crippen MR) is 67.9 cm³/mol. The van der Waals surface area contributed by atoms with E-state index in [1.165, 1.54) is 17.7 Å². The van der Waals surface area contributed by atoms with Crippen molar-refractivity contribution >= 4 is 11.5 Å². The molecule has 0 atom stereocenters. The monoisotopic (exact) mass is 229 g/mol. The standard InChI is InChI=1S/C13H15N3O/c1-16-7-3-5-9-4-2-6-10(13(9)16)11-8-12(14)15-17-11/h2,4,6,8H,3,5,7H2,1H3,(H2,14,15). The summed E-state index contributed by atoms with van der Waals surface area (Å²) in [6, 6.07) is 8.07. The van der Waals surface area contributed by atoms with Gasteiger partial charge in [-0.3, -0.25) is 0 Å². The van der Waals surface area contributed by atoms with Crippen LogP contribution in [-0.4, -0.2) is 18.7 Å². The molecule has 0 saturated heterocycles. The summed E-state index contributed by atoms with van der Waals surface area (Å²) in [6.07, 6.45) is 2.32. The Labute approximate surface area is 100 Å². The first-order valence-electron chi connectivity index (χ1n) is 5.81. The highest BCUT2D eigenvalue weighted by Crippen LogP contribution is 2.36.